The number of carbonyl (C=O) groups excluding carboxylic acids is 1. The van der Waals surface area contributed by atoms with Gasteiger partial charge in [-0.05, 0) is 36.2 Å². The van der Waals surface area contributed by atoms with Crippen LogP contribution in [0.3, 0.4) is 0 Å². The molecule has 0 radical (unpaired) electrons. The molecule has 0 aliphatic heterocycles. The second-order valence-electron chi connectivity index (χ2n) is 4.71. The van der Waals surface area contributed by atoms with E-state index in [1.54, 1.807) is 18.3 Å². The van der Waals surface area contributed by atoms with Crippen molar-refractivity contribution in [2.45, 2.75) is 12.8 Å². The molecule has 2 rings (SSSR count). The van der Waals surface area contributed by atoms with E-state index < -0.39 is 0 Å². The molecule has 0 aliphatic rings. The highest BCUT2D eigenvalue weighted by Gasteiger charge is 2.08. The van der Waals surface area contributed by atoms with Crippen LogP contribution >= 0.6 is 0 Å². The van der Waals surface area contributed by atoms with E-state index in [0.717, 1.165) is 5.56 Å². The lowest BCUT2D eigenvalue weighted by atomic mass is 10.1. The van der Waals surface area contributed by atoms with Crippen LogP contribution in [0.4, 0.5) is 0 Å². The van der Waals surface area contributed by atoms with Gasteiger partial charge in [0.25, 0.3) is 0 Å². The fourth-order valence-corrected chi connectivity index (χ4v) is 1.95. The Bertz CT molecular complexity index is 716. The van der Waals surface area contributed by atoms with Crippen LogP contribution in [0.5, 0.6) is 5.75 Å². The molecule has 2 aromatic carbocycles. The third kappa shape index (κ3) is 4.97. The number of aliphatic imine (C=N–C) groups is 1. The molecule has 0 heterocycles. The van der Waals surface area contributed by atoms with Gasteiger partial charge in [0, 0.05) is 12.0 Å². The predicted molar refractivity (Wildman–Crippen MR) is 86.0 cm³/mol. The number of hydrogen-bond donors (Lipinski definition) is 0. The Morgan fingerprint density at radius 2 is 1.83 bits per heavy atom. The summed E-state index contributed by atoms with van der Waals surface area (Å²) in [4.78, 5) is 14.9. The average Bonchev–Trinajstić information content (AvgIpc) is 2.60. The zero-order valence-corrected chi connectivity index (χ0v) is 12.7. The highest BCUT2D eigenvalue weighted by molar-refractivity contribution is 5.96. The third-order valence-electron chi connectivity index (χ3n) is 3.16. The summed E-state index contributed by atoms with van der Waals surface area (Å²) in [5, 5.41) is 8.83. The molecule has 0 unspecified atom stereocenters. The zero-order chi connectivity index (χ0) is 16.5. The number of para-hydroxylation sites is 1. The van der Waals surface area contributed by atoms with E-state index in [4.69, 9.17) is 10.00 Å². The van der Waals surface area contributed by atoms with Crippen molar-refractivity contribution >= 4 is 11.9 Å². The molecule has 116 valence electrons. The number of nitrogens with zero attached hydrogens (tertiary/aromatic N) is 2. The van der Waals surface area contributed by atoms with Gasteiger partial charge >= 0.3 is 5.97 Å². The van der Waals surface area contributed by atoms with Crippen LogP contribution in [0.2, 0.25) is 0 Å². The topological polar surface area (TPSA) is 71.7 Å². The highest BCUT2D eigenvalue weighted by Crippen LogP contribution is 2.14. The van der Waals surface area contributed by atoms with Gasteiger partial charge in [-0.15, -0.1) is 4.99 Å². The lowest BCUT2D eigenvalue weighted by Gasteiger charge is -2.08. The van der Waals surface area contributed by atoms with E-state index in [1.165, 1.54) is 7.11 Å². The van der Waals surface area contributed by atoms with Gasteiger partial charge in [-0.25, -0.2) is 0 Å². The van der Waals surface area contributed by atoms with Crippen LogP contribution in [-0.4, -0.2) is 19.0 Å². The summed E-state index contributed by atoms with van der Waals surface area (Å²) < 4.78 is 10.3. The summed E-state index contributed by atoms with van der Waals surface area (Å²) >= 11 is 0. The summed E-state index contributed by atoms with van der Waals surface area (Å²) in [7, 11) is 1.37. The first-order valence-electron chi connectivity index (χ1n) is 7.08. The number of carbonyl (C=O) groups is 1. The van der Waals surface area contributed by atoms with Gasteiger partial charge < -0.3 is 9.47 Å². The SMILES string of the molecule is COC(=O)CCc1ccc(C(=NC#N)Oc2ccccc2)cc1. The van der Waals surface area contributed by atoms with E-state index in [1.807, 2.05) is 42.5 Å². The minimum atomic E-state index is -0.242. The van der Waals surface area contributed by atoms with Crippen LogP contribution < -0.4 is 4.74 Å². The van der Waals surface area contributed by atoms with Crippen molar-refractivity contribution in [3.63, 3.8) is 0 Å². The van der Waals surface area contributed by atoms with Crippen LogP contribution in [0, 0.1) is 11.5 Å². The Balaban J connectivity index is 2.10. The number of hydrogen-bond acceptors (Lipinski definition) is 5. The van der Waals surface area contributed by atoms with E-state index >= 15 is 0 Å². The van der Waals surface area contributed by atoms with Crippen molar-refractivity contribution in [3.05, 3.63) is 65.7 Å². The highest BCUT2D eigenvalue weighted by atomic mass is 16.5. The maximum Gasteiger partial charge on any atom is 0.305 e. The van der Waals surface area contributed by atoms with E-state index in [-0.39, 0.29) is 11.9 Å². The van der Waals surface area contributed by atoms with Crippen LogP contribution in [0.15, 0.2) is 59.6 Å². The molecular weight excluding hydrogens is 292 g/mol. The Morgan fingerprint density at radius 3 is 2.43 bits per heavy atom. The number of nitriles is 1. The summed E-state index contributed by atoms with van der Waals surface area (Å²) in [5.74, 6) is 0.600. The van der Waals surface area contributed by atoms with E-state index in [2.05, 4.69) is 9.73 Å². The van der Waals surface area contributed by atoms with Gasteiger partial charge in [0.2, 0.25) is 12.1 Å². The van der Waals surface area contributed by atoms with E-state index in [9.17, 15) is 4.79 Å². The molecule has 23 heavy (non-hydrogen) atoms. The number of ether oxygens (including phenoxy) is 2. The number of rotatable bonds is 5. The average molecular weight is 308 g/mol. The van der Waals surface area contributed by atoms with Crippen molar-refractivity contribution in [1.82, 2.24) is 0 Å². The molecule has 0 atom stereocenters. The van der Waals surface area contributed by atoms with Crippen molar-refractivity contribution in [3.8, 4) is 11.9 Å². The molecule has 0 saturated heterocycles. The Morgan fingerprint density at radius 1 is 1.13 bits per heavy atom. The van der Waals surface area contributed by atoms with Crippen LogP contribution in [-0.2, 0) is 16.0 Å². The molecule has 0 amide bonds. The van der Waals surface area contributed by atoms with Gasteiger partial charge in [-0.2, -0.15) is 5.26 Å². The van der Waals surface area contributed by atoms with Gasteiger partial charge in [0.15, 0.2) is 0 Å². The maximum atomic E-state index is 11.2. The van der Waals surface area contributed by atoms with Gasteiger partial charge in [-0.3, -0.25) is 4.79 Å². The van der Waals surface area contributed by atoms with Crippen molar-refractivity contribution in [1.29, 1.82) is 5.26 Å². The molecule has 0 saturated carbocycles. The summed E-state index contributed by atoms with van der Waals surface area (Å²) in [5.41, 5.74) is 1.69. The molecule has 0 aliphatic carbocycles. The Labute approximate surface area is 134 Å². The quantitative estimate of drug-likeness (QED) is 0.368. The second kappa shape index (κ2) is 8.35. The molecule has 0 bridgehead atoms. The maximum absolute atomic E-state index is 11.2. The lowest BCUT2D eigenvalue weighted by Crippen LogP contribution is -2.10. The molecule has 5 heteroatoms. The minimum absolute atomic E-state index is 0.234. The summed E-state index contributed by atoms with van der Waals surface area (Å²) in [6, 6.07) is 16.5. The lowest BCUT2D eigenvalue weighted by molar-refractivity contribution is -0.140. The van der Waals surface area contributed by atoms with Crippen molar-refractivity contribution in [2.75, 3.05) is 7.11 Å². The monoisotopic (exact) mass is 308 g/mol. The Hall–Kier alpha value is -3.13. The molecule has 0 spiro atoms. The number of aryl methyl sites for hydroxylation is 1. The van der Waals surface area contributed by atoms with Crippen LogP contribution in [0.1, 0.15) is 17.5 Å². The summed E-state index contributed by atoms with van der Waals surface area (Å²) in [6.07, 6.45) is 2.67. The number of methoxy groups -OCH3 is 1. The largest absolute Gasteiger partial charge is 0.469 e. The van der Waals surface area contributed by atoms with Gasteiger partial charge in [0.05, 0.1) is 7.11 Å². The third-order valence-corrected chi connectivity index (χ3v) is 3.16. The standard InChI is InChI=1S/C18H16N2O3/c1-22-17(21)12-9-14-7-10-15(11-8-14)18(20-13-19)23-16-5-3-2-4-6-16/h2-8,10-11H,9,12H2,1H3. The second-order valence-corrected chi connectivity index (χ2v) is 4.71. The molecule has 5 nitrogen and oxygen atoms in total. The van der Waals surface area contributed by atoms with Crippen molar-refractivity contribution < 1.29 is 14.3 Å². The molecule has 0 N–H and O–H groups in total. The van der Waals surface area contributed by atoms with E-state index in [0.29, 0.717) is 24.2 Å². The van der Waals surface area contributed by atoms with Crippen LogP contribution in [0.25, 0.3) is 0 Å². The Kier molecular flexibility index (Phi) is 5.89. The minimum Gasteiger partial charge on any atom is -0.469 e. The van der Waals surface area contributed by atoms with Gasteiger partial charge in [0.1, 0.15) is 5.75 Å². The van der Waals surface area contributed by atoms with Crippen molar-refractivity contribution in [2.24, 2.45) is 4.99 Å². The normalized spacial score (nSPS) is 10.7. The first-order valence-corrected chi connectivity index (χ1v) is 7.08. The molecule has 2 aromatic rings. The molecular formula is C18H16N2O3. The fraction of sp³-hybridized carbons (Fsp3) is 0.167. The first-order chi connectivity index (χ1) is 11.2. The smallest absolute Gasteiger partial charge is 0.305 e. The fourth-order valence-electron chi connectivity index (χ4n) is 1.95. The molecule has 0 aromatic heterocycles. The first kappa shape index (κ1) is 16.2. The van der Waals surface area contributed by atoms with Gasteiger partial charge in [-0.1, -0.05) is 30.3 Å². The zero-order valence-electron chi connectivity index (χ0n) is 12.7. The number of esters is 1. The predicted octanol–water partition coefficient (Wildman–Crippen LogP) is 3.10. The molecule has 0 fully saturated rings. The summed E-state index contributed by atoms with van der Waals surface area (Å²) in [6.45, 7) is 0. The number of benzene rings is 2.